The summed E-state index contributed by atoms with van der Waals surface area (Å²) < 4.78 is 5.41. The van der Waals surface area contributed by atoms with Crippen molar-refractivity contribution in [3.63, 3.8) is 0 Å². The molecule has 4 heteroatoms. The lowest BCUT2D eigenvalue weighted by Gasteiger charge is -2.20. The second kappa shape index (κ2) is 5.47. The molecule has 1 saturated heterocycles. The first-order valence-corrected chi connectivity index (χ1v) is 6.36. The third-order valence-corrected chi connectivity index (χ3v) is 3.16. The van der Waals surface area contributed by atoms with Crippen LogP contribution in [0.5, 0.6) is 0 Å². The van der Waals surface area contributed by atoms with Crippen molar-refractivity contribution in [2.75, 3.05) is 31.2 Å². The Hall–Kier alpha value is -0.610. The molecule has 0 N–H and O–H groups in total. The van der Waals surface area contributed by atoms with E-state index >= 15 is 0 Å². The molecule has 1 aromatic heterocycles. The van der Waals surface area contributed by atoms with Crippen LogP contribution in [0, 0.1) is 0 Å². The normalized spacial score (nSPS) is 17.5. The second-order valence-electron chi connectivity index (χ2n) is 3.61. The third-order valence-electron chi connectivity index (χ3n) is 2.51. The van der Waals surface area contributed by atoms with Gasteiger partial charge in [-0.05, 0) is 18.1 Å². The number of nitrogens with zero attached hydrogens (tertiary/aromatic N) is 2. The molecule has 82 valence electrons. The molecule has 2 rings (SSSR count). The summed E-state index contributed by atoms with van der Waals surface area (Å²) in [5.74, 6) is 1.06. The van der Waals surface area contributed by atoms with Crippen LogP contribution < -0.4 is 4.90 Å². The molecular weight excluding hydrogens is 256 g/mol. The molecule has 1 fully saturated rings. The van der Waals surface area contributed by atoms with Crippen LogP contribution in [-0.2, 0) is 10.1 Å². The molecular formula is C11H15BrN2O. The number of aromatic nitrogens is 1. The van der Waals surface area contributed by atoms with Crippen LogP contribution in [0.4, 0.5) is 5.82 Å². The van der Waals surface area contributed by atoms with Crippen LogP contribution in [0.3, 0.4) is 0 Å². The van der Waals surface area contributed by atoms with Crippen molar-refractivity contribution < 1.29 is 4.74 Å². The minimum atomic E-state index is 0.807. The summed E-state index contributed by atoms with van der Waals surface area (Å²) in [5, 5.41) is 0.864. The van der Waals surface area contributed by atoms with Crippen LogP contribution in [0.2, 0.25) is 0 Å². The number of anilines is 1. The molecule has 0 unspecified atom stereocenters. The van der Waals surface area contributed by atoms with E-state index in [0.29, 0.717) is 0 Å². The lowest BCUT2D eigenvalue weighted by atomic mass is 10.3. The Bertz CT molecular complexity index is 294. The molecule has 1 aliphatic rings. The van der Waals surface area contributed by atoms with Crippen molar-refractivity contribution >= 4 is 21.7 Å². The minimum Gasteiger partial charge on any atom is -0.380 e. The highest BCUT2D eigenvalue weighted by Crippen LogP contribution is 2.14. The average Bonchev–Trinajstić information content (AvgIpc) is 2.58. The number of hydrogen-bond acceptors (Lipinski definition) is 3. The summed E-state index contributed by atoms with van der Waals surface area (Å²) >= 11 is 3.42. The SMILES string of the molecule is BrCc1ccc(N2CCCOCC2)nc1. The number of hydrogen-bond donors (Lipinski definition) is 0. The van der Waals surface area contributed by atoms with Crippen molar-refractivity contribution in [1.82, 2.24) is 4.98 Å². The Morgan fingerprint density at radius 2 is 2.27 bits per heavy atom. The van der Waals surface area contributed by atoms with Gasteiger partial charge in [0.05, 0.1) is 6.61 Å². The van der Waals surface area contributed by atoms with E-state index in [-0.39, 0.29) is 0 Å². The highest BCUT2D eigenvalue weighted by Gasteiger charge is 2.10. The fraction of sp³-hybridized carbons (Fsp3) is 0.545. The van der Waals surface area contributed by atoms with E-state index < -0.39 is 0 Å². The zero-order valence-corrected chi connectivity index (χ0v) is 10.2. The molecule has 0 aliphatic carbocycles. The van der Waals surface area contributed by atoms with Crippen molar-refractivity contribution in [2.24, 2.45) is 0 Å². The fourth-order valence-corrected chi connectivity index (χ4v) is 1.99. The van der Waals surface area contributed by atoms with Gasteiger partial charge in [-0.2, -0.15) is 0 Å². The summed E-state index contributed by atoms with van der Waals surface area (Å²) in [5.41, 5.74) is 1.21. The Kier molecular flexibility index (Phi) is 3.97. The average molecular weight is 271 g/mol. The van der Waals surface area contributed by atoms with Gasteiger partial charge in [-0.1, -0.05) is 22.0 Å². The standard InChI is InChI=1S/C11H15BrN2O/c12-8-10-2-3-11(13-9-10)14-4-1-6-15-7-5-14/h2-3,9H,1,4-8H2. The van der Waals surface area contributed by atoms with Gasteiger partial charge in [0, 0.05) is 31.2 Å². The maximum Gasteiger partial charge on any atom is 0.128 e. The minimum absolute atomic E-state index is 0.807. The molecule has 0 atom stereocenters. The Balaban J connectivity index is 2.06. The van der Waals surface area contributed by atoms with E-state index in [0.717, 1.165) is 43.9 Å². The van der Waals surface area contributed by atoms with Crippen molar-refractivity contribution in [3.05, 3.63) is 23.9 Å². The van der Waals surface area contributed by atoms with Gasteiger partial charge in [0.1, 0.15) is 5.82 Å². The number of alkyl halides is 1. The lowest BCUT2D eigenvalue weighted by Crippen LogP contribution is -2.26. The molecule has 15 heavy (non-hydrogen) atoms. The predicted octanol–water partition coefficient (Wildman–Crippen LogP) is 2.20. The Morgan fingerprint density at radius 3 is 3.00 bits per heavy atom. The largest absolute Gasteiger partial charge is 0.380 e. The fourth-order valence-electron chi connectivity index (χ4n) is 1.66. The summed E-state index contributed by atoms with van der Waals surface area (Å²) in [6.07, 6.45) is 3.01. The number of pyridine rings is 1. The summed E-state index contributed by atoms with van der Waals surface area (Å²) in [4.78, 5) is 6.74. The van der Waals surface area contributed by atoms with E-state index in [1.165, 1.54) is 5.56 Å². The quantitative estimate of drug-likeness (QED) is 0.771. The van der Waals surface area contributed by atoms with E-state index in [9.17, 15) is 0 Å². The topological polar surface area (TPSA) is 25.4 Å². The molecule has 0 bridgehead atoms. The maximum atomic E-state index is 5.41. The van der Waals surface area contributed by atoms with Gasteiger partial charge < -0.3 is 9.64 Å². The van der Waals surface area contributed by atoms with Gasteiger partial charge >= 0.3 is 0 Å². The van der Waals surface area contributed by atoms with Gasteiger partial charge in [-0.3, -0.25) is 0 Å². The summed E-state index contributed by atoms with van der Waals surface area (Å²) in [6.45, 7) is 3.67. The predicted molar refractivity (Wildman–Crippen MR) is 64.5 cm³/mol. The van der Waals surface area contributed by atoms with E-state index in [4.69, 9.17) is 4.74 Å². The first kappa shape index (κ1) is 10.9. The van der Waals surface area contributed by atoms with E-state index in [2.05, 4.69) is 37.9 Å². The molecule has 1 aliphatic heterocycles. The van der Waals surface area contributed by atoms with E-state index in [1.54, 1.807) is 0 Å². The molecule has 0 aromatic carbocycles. The first-order valence-electron chi connectivity index (χ1n) is 5.24. The van der Waals surface area contributed by atoms with Gasteiger partial charge in [-0.25, -0.2) is 4.98 Å². The van der Waals surface area contributed by atoms with Crippen molar-refractivity contribution in [3.8, 4) is 0 Å². The third kappa shape index (κ3) is 2.92. The monoisotopic (exact) mass is 270 g/mol. The maximum absolute atomic E-state index is 5.41. The molecule has 0 amide bonds. The van der Waals surface area contributed by atoms with Crippen molar-refractivity contribution in [1.29, 1.82) is 0 Å². The number of ether oxygens (including phenoxy) is 1. The second-order valence-corrected chi connectivity index (χ2v) is 4.17. The van der Waals surface area contributed by atoms with Crippen molar-refractivity contribution in [2.45, 2.75) is 11.8 Å². The summed E-state index contributed by atoms with van der Waals surface area (Å²) in [6, 6.07) is 4.20. The lowest BCUT2D eigenvalue weighted by molar-refractivity contribution is 0.152. The van der Waals surface area contributed by atoms with Gasteiger partial charge in [0.15, 0.2) is 0 Å². The molecule has 2 heterocycles. The Labute approximate surface area is 98.6 Å². The smallest absolute Gasteiger partial charge is 0.128 e. The Morgan fingerprint density at radius 1 is 1.33 bits per heavy atom. The van der Waals surface area contributed by atoms with Gasteiger partial charge in [0.25, 0.3) is 0 Å². The molecule has 3 nitrogen and oxygen atoms in total. The number of halogens is 1. The zero-order valence-electron chi connectivity index (χ0n) is 8.66. The first-order chi connectivity index (χ1) is 7.40. The van der Waals surface area contributed by atoms with Crippen LogP contribution in [0.15, 0.2) is 18.3 Å². The van der Waals surface area contributed by atoms with Gasteiger partial charge in [-0.15, -0.1) is 0 Å². The van der Waals surface area contributed by atoms with Crippen LogP contribution in [0.25, 0.3) is 0 Å². The van der Waals surface area contributed by atoms with Crippen LogP contribution in [0.1, 0.15) is 12.0 Å². The molecule has 0 radical (unpaired) electrons. The molecule has 0 saturated carbocycles. The van der Waals surface area contributed by atoms with E-state index in [1.807, 2.05) is 6.20 Å². The van der Waals surface area contributed by atoms with Crippen LogP contribution >= 0.6 is 15.9 Å². The number of rotatable bonds is 2. The van der Waals surface area contributed by atoms with Gasteiger partial charge in [0.2, 0.25) is 0 Å². The zero-order chi connectivity index (χ0) is 10.5. The molecule has 1 aromatic rings. The highest BCUT2D eigenvalue weighted by molar-refractivity contribution is 9.08. The van der Waals surface area contributed by atoms with Crippen LogP contribution in [-0.4, -0.2) is 31.3 Å². The highest BCUT2D eigenvalue weighted by atomic mass is 79.9. The molecule has 0 spiro atoms. The summed E-state index contributed by atoms with van der Waals surface area (Å²) in [7, 11) is 0.